The molecule has 0 amide bonds. The van der Waals surface area contributed by atoms with Crippen molar-refractivity contribution in [1.29, 1.82) is 0 Å². The lowest BCUT2D eigenvalue weighted by molar-refractivity contribution is -0.106. The molecule has 2 aromatic carbocycles. The Morgan fingerprint density at radius 1 is 1.12 bits per heavy atom. The molecule has 5 rings (SSSR count). The summed E-state index contributed by atoms with van der Waals surface area (Å²) in [5.41, 5.74) is 0.389. The first-order valence-corrected chi connectivity index (χ1v) is 14.7. The number of ether oxygens (including phenoxy) is 1. The van der Waals surface area contributed by atoms with Crippen LogP contribution in [0.2, 0.25) is 0 Å². The highest BCUT2D eigenvalue weighted by Gasteiger charge is 2.37. The third kappa shape index (κ3) is 7.18. The molecule has 0 saturated carbocycles. The fourth-order valence-corrected chi connectivity index (χ4v) is 6.22. The van der Waals surface area contributed by atoms with Crippen molar-refractivity contribution in [2.75, 3.05) is 28.9 Å². The fraction of sp³-hybridized carbons (Fsp3) is 0.320. The van der Waals surface area contributed by atoms with Crippen molar-refractivity contribution in [3.63, 3.8) is 0 Å². The van der Waals surface area contributed by atoms with Gasteiger partial charge in [-0.15, -0.1) is 11.3 Å². The van der Waals surface area contributed by atoms with E-state index >= 15 is 0 Å². The molecule has 16 heteroatoms. The lowest BCUT2D eigenvalue weighted by atomic mass is 10.0. The van der Waals surface area contributed by atoms with Gasteiger partial charge in [0.05, 0.1) is 22.9 Å². The summed E-state index contributed by atoms with van der Waals surface area (Å²) < 4.78 is 98.1. The van der Waals surface area contributed by atoms with E-state index < -0.39 is 33.9 Å². The Bertz CT molecular complexity index is 1680. The van der Waals surface area contributed by atoms with Gasteiger partial charge in [0.1, 0.15) is 10.6 Å². The van der Waals surface area contributed by atoms with E-state index in [2.05, 4.69) is 25.6 Å². The molecule has 3 heterocycles. The standard InChI is InChI=1S/C25H23F5N6O3S2/c1-14-33-22(21(40-14)19-8-9-32-23(35-19)34-15-10-24(26,27)12-31-11-15)39-20-7-6-18(16-4-2-3-5-17(16)20)36-41(37,38)13-25(28,29)30/h2-9,15,31,36H,10-13H2,1H3,(H,32,34,35)/t15-/m0/s1. The minimum Gasteiger partial charge on any atom is -0.437 e. The second-order valence-corrected chi connectivity index (χ2v) is 12.3. The number of piperidine rings is 1. The summed E-state index contributed by atoms with van der Waals surface area (Å²) in [6, 6.07) is 10.2. The molecule has 41 heavy (non-hydrogen) atoms. The highest BCUT2D eigenvalue weighted by Crippen LogP contribution is 2.40. The number of nitrogens with zero attached hydrogens (tertiary/aromatic N) is 3. The zero-order chi connectivity index (χ0) is 29.4. The number of thiazole rings is 1. The van der Waals surface area contributed by atoms with E-state index in [1.807, 2.05) is 4.72 Å². The summed E-state index contributed by atoms with van der Waals surface area (Å²) in [5, 5.41) is 7.00. The molecule has 218 valence electrons. The van der Waals surface area contributed by atoms with Gasteiger partial charge in [0.25, 0.3) is 5.92 Å². The number of anilines is 2. The second-order valence-electron chi connectivity index (χ2n) is 9.40. The molecule has 0 aliphatic carbocycles. The Balaban J connectivity index is 1.43. The van der Waals surface area contributed by atoms with Crippen LogP contribution in [0.15, 0.2) is 48.7 Å². The Labute approximate surface area is 235 Å². The smallest absolute Gasteiger partial charge is 0.404 e. The molecule has 3 N–H and O–H groups in total. The van der Waals surface area contributed by atoms with Gasteiger partial charge in [-0.05, 0) is 25.1 Å². The molecule has 1 atom stereocenters. The average Bonchev–Trinajstić information content (AvgIpc) is 3.23. The summed E-state index contributed by atoms with van der Waals surface area (Å²) in [5.74, 6) is -4.26. The van der Waals surface area contributed by atoms with Gasteiger partial charge in [-0.1, -0.05) is 24.3 Å². The van der Waals surface area contributed by atoms with Crippen molar-refractivity contribution in [3.8, 4) is 22.2 Å². The Kier molecular flexibility index (Phi) is 7.74. The molecular weight excluding hydrogens is 591 g/mol. The number of halogens is 5. The maximum Gasteiger partial charge on any atom is 0.404 e. The zero-order valence-corrected chi connectivity index (χ0v) is 22.9. The number of fused-ring (bicyclic) bond motifs is 1. The first kappa shape index (κ1) is 28.9. The normalized spacial score (nSPS) is 17.4. The van der Waals surface area contributed by atoms with Gasteiger partial charge in [-0.2, -0.15) is 13.2 Å². The zero-order valence-electron chi connectivity index (χ0n) is 21.3. The van der Waals surface area contributed by atoms with Crippen LogP contribution in [0.5, 0.6) is 11.6 Å². The second kappa shape index (κ2) is 11.0. The molecule has 0 spiro atoms. The number of rotatable bonds is 8. The summed E-state index contributed by atoms with van der Waals surface area (Å²) in [6.07, 6.45) is -3.79. The Morgan fingerprint density at radius 2 is 1.88 bits per heavy atom. The van der Waals surface area contributed by atoms with Crippen molar-refractivity contribution in [2.45, 2.75) is 31.5 Å². The molecule has 9 nitrogen and oxygen atoms in total. The molecule has 1 saturated heterocycles. The summed E-state index contributed by atoms with van der Waals surface area (Å²) in [4.78, 5) is 13.6. The van der Waals surface area contributed by atoms with Crippen molar-refractivity contribution < 1.29 is 35.1 Å². The quantitative estimate of drug-likeness (QED) is 0.221. The van der Waals surface area contributed by atoms with Crippen LogP contribution in [-0.4, -0.2) is 60.4 Å². The monoisotopic (exact) mass is 614 g/mol. The SMILES string of the molecule is Cc1nc(Oc2ccc(NS(=O)(=O)CC(F)(F)F)c3ccccc23)c(-c2ccnc(N[C@@H]3CNCC(F)(F)C3)n2)s1. The summed E-state index contributed by atoms with van der Waals surface area (Å²) in [7, 11) is -4.71. The molecule has 0 bridgehead atoms. The van der Waals surface area contributed by atoms with E-state index in [-0.39, 0.29) is 36.2 Å². The van der Waals surface area contributed by atoms with Gasteiger partial charge in [-0.25, -0.2) is 32.2 Å². The third-order valence-corrected chi connectivity index (χ3v) is 8.17. The van der Waals surface area contributed by atoms with Crippen LogP contribution >= 0.6 is 11.3 Å². The lowest BCUT2D eigenvalue weighted by Crippen LogP contribution is -2.49. The van der Waals surface area contributed by atoms with E-state index in [4.69, 9.17) is 4.74 Å². The molecule has 0 unspecified atom stereocenters. The first-order chi connectivity index (χ1) is 19.3. The highest BCUT2D eigenvalue weighted by atomic mass is 32.2. The minimum atomic E-state index is -4.90. The molecule has 1 aliphatic heterocycles. The Hall–Kier alpha value is -3.63. The number of nitrogens with one attached hydrogen (secondary N) is 3. The summed E-state index contributed by atoms with van der Waals surface area (Å²) >= 11 is 1.28. The van der Waals surface area contributed by atoms with Gasteiger partial charge in [-0.3, -0.25) is 4.72 Å². The van der Waals surface area contributed by atoms with Crippen LogP contribution in [0.25, 0.3) is 21.3 Å². The lowest BCUT2D eigenvalue weighted by Gasteiger charge is -2.30. The number of hydrogen-bond acceptors (Lipinski definition) is 9. The molecule has 1 fully saturated rings. The molecular formula is C25H23F5N6O3S2. The predicted molar refractivity (Wildman–Crippen MR) is 145 cm³/mol. The van der Waals surface area contributed by atoms with Crippen molar-refractivity contribution in [2.24, 2.45) is 0 Å². The van der Waals surface area contributed by atoms with E-state index in [1.54, 1.807) is 37.3 Å². The van der Waals surface area contributed by atoms with Crippen molar-refractivity contribution in [1.82, 2.24) is 20.3 Å². The van der Waals surface area contributed by atoms with Crippen LogP contribution in [0.1, 0.15) is 11.4 Å². The van der Waals surface area contributed by atoms with E-state index in [0.717, 1.165) is 0 Å². The van der Waals surface area contributed by atoms with Gasteiger partial charge in [0.2, 0.25) is 21.9 Å². The number of benzene rings is 2. The van der Waals surface area contributed by atoms with Crippen LogP contribution < -0.4 is 20.1 Å². The van der Waals surface area contributed by atoms with E-state index in [9.17, 15) is 30.4 Å². The van der Waals surface area contributed by atoms with Crippen LogP contribution in [0.4, 0.5) is 33.6 Å². The largest absolute Gasteiger partial charge is 0.437 e. The first-order valence-electron chi connectivity index (χ1n) is 12.2. The Morgan fingerprint density at radius 3 is 2.61 bits per heavy atom. The van der Waals surface area contributed by atoms with Crippen LogP contribution in [-0.2, 0) is 10.0 Å². The van der Waals surface area contributed by atoms with Gasteiger partial charge in [0, 0.05) is 36.0 Å². The highest BCUT2D eigenvalue weighted by molar-refractivity contribution is 7.92. The van der Waals surface area contributed by atoms with Crippen molar-refractivity contribution >= 4 is 43.8 Å². The topological polar surface area (TPSA) is 118 Å². The maximum absolute atomic E-state index is 13.8. The maximum atomic E-state index is 13.8. The number of aromatic nitrogens is 3. The van der Waals surface area contributed by atoms with Gasteiger partial charge < -0.3 is 15.4 Å². The van der Waals surface area contributed by atoms with Gasteiger partial charge >= 0.3 is 6.18 Å². The summed E-state index contributed by atoms with van der Waals surface area (Å²) in [6.45, 7) is 1.70. The number of hydrogen-bond donors (Lipinski definition) is 3. The fourth-order valence-electron chi connectivity index (χ4n) is 4.39. The average molecular weight is 615 g/mol. The van der Waals surface area contributed by atoms with E-state index in [0.29, 0.717) is 32.9 Å². The molecule has 2 aromatic heterocycles. The van der Waals surface area contributed by atoms with Gasteiger partial charge in [0.15, 0.2) is 5.75 Å². The molecule has 1 aliphatic rings. The predicted octanol–water partition coefficient (Wildman–Crippen LogP) is 5.57. The molecule has 4 aromatic rings. The van der Waals surface area contributed by atoms with Crippen LogP contribution in [0, 0.1) is 6.92 Å². The van der Waals surface area contributed by atoms with E-state index in [1.165, 1.54) is 29.7 Å². The minimum absolute atomic E-state index is 0.0406. The number of aryl methyl sites for hydroxylation is 1. The van der Waals surface area contributed by atoms with Crippen molar-refractivity contribution in [3.05, 3.63) is 53.7 Å². The third-order valence-electron chi connectivity index (χ3n) is 5.95. The molecule has 0 radical (unpaired) electrons. The number of sulfonamides is 1. The number of alkyl halides is 5. The van der Waals surface area contributed by atoms with Crippen LogP contribution in [0.3, 0.4) is 0 Å².